The molecule has 0 fully saturated rings. The van der Waals surface area contributed by atoms with Crippen molar-refractivity contribution in [2.24, 2.45) is 0 Å². The van der Waals surface area contributed by atoms with Gasteiger partial charge < -0.3 is 0 Å². The van der Waals surface area contributed by atoms with E-state index in [2.05, 4.69) is 4.74 Å². The summed E-state index contributed by atoms with van der Waals surface area (Å²) in [5, 5.41) is 8.55. The molecule has 1 aromatic carbocycles. The van der Waals surface area contributed by atoms with Crippen LogP contribution in [0.1, 0.15) is 17.2 Å². The van der Waals surface area contributed by atoms with Crippen molar-refractivity contribution in [3.05, 3.63) is 35.4 Å². The van der Waals surface area contributed by atoms with Gasteiger partial charge in [-0.1, -0.05) is 34.7 Å². The second kappa shape index (κ2) is 5.50. The number of nitriles is 1. The van der Waals surface area contributed by atoms with Crippen LogP contribution in [0.4, 0.5) is 13.2 Å². The molecule has 2 nitrogen and oxygen atoms in total. The predicted molar refractivity (Wildman–Crippen MR) is 59.9 cm³/mol. The van der Waals surface area contributed by atoms with E-state index in [-0.39, 0.29) is 4.43 Å². The second-order valence-electron chi connectivity index (χ2n) is 2.94. The van der Waals surface area contributed by atoms with Crippen LogP contribution in [0.25, 0.3) is 0 Å². The molecule has 1 unspecified atom stereocenters. The van der Waals surface area contributed by atoms with E-state index in [0.717, 1.165) is 0 Å². The summed E-state index contributed by atoms with van der Waals surface area (Å²) in [6, 6.07) is 7.76. The van der Waals surface area contributed by atoms with Gasteiger partial charge in [-0.15, -0.1) is 13.2 Å². The smallest absolute Gasteiger partial charge is 0.283 e. The largest absolute Gasteiger partial charge is 0.523 e. The summed E-state index contributed by atoms with van der Waals surface area (Å²) in [7, 11) is 0. The van der Waals surface area contributed by atoms with Crippen molar-refractivity contribution in [3.63, 3.8) is 0 Å². The van der Waals surface area contributed by atoms with Gasteiger partial charge in [0.15, 0.2) is 0 Å². The Balaban J connectivity index is 2.84. The number of rotatable bonds is 3. The molecule has 0 radical (unpaired) electrons. The zero-order valence-electron chi connectivity index (χ0n) is 7.96. The third-order valence-electron chi connectivity index (χ3n) is 1.83. The van der Waals surface area contributed by atoms with Crippen molar-refractivity contribution in [2.45, 2.75) is 12.5 Å². The number of nitrogens with zero attached hydrogens (tertiary/aromatic N) is 1. The summed E-state index contributed by atoms with van der Waals surface area (Å²) in [5.74, 6) is 0. The van der Waals surface area contributed by atoms with Gasteiger partial charge in [0, 0.05) is 4.43 Å². The molecule has 1 rings (SSSR count). The average molecular weight is 341 g/mol. The number of alkyl halides is 4. The lowest BCUT2D eigenvalue weighted by molar-refractivity contribution is -0.341. The van der Waals surface area contributed by atoms with E-state index < -0.39 is 12.5 Å². The Bertz CT molecular complexity index is 383. The molecular weight excluding hydrogens is 334 g/mol. The lowest BCUT2D eigenvalue weighted by Gasteiger charge is -2.17. The molecule has 16 heavy (non-hydrogen) atoms. The van der Waals surface area contributed by atoms with Crippen LogP contribution in [0.3, 0.4) is 0 Å². The van der Waals surface area contributed by atoms with Crippen LogP contribution in [-0.4, -0.2) is 10.8 Å². The molecule has 0 bridgehead atoms. The van der Waals surface area contributed by atoms with Gasteiger partial charge >= 0.3 is 6.36 Å². The maximum atomic E-state index is 12.0. The molecule has 0 spiro atoms. The minimum absolute atomic E-state index is 0.184. The number of hydrogen-bond donors (Lipinski definition) is 0. The van der Waals surface area contributed by atoms with E-state index in [0.29, 0.717) is 11.1 Å². The van der Waals surface area contributed by atoms with Crippen LogP contribution in [0.2, 0.25) is 0 Å². The Kier molecular flexibility index (Phi) is 4.56. The number of ether oxygens (including phenoxy) is 1. The maximum Gasteiger partial charge on any atom is 0.523 e. The molecule has 0 amide bonds. The quantitative estimate of drug-likeness (QED) is 0.622. The van der Waals surface area contributed by atoms with Crippen molar-refractivity contribution in [3.8, 4) is 6.07 Å². The zero-order chi connectivity index (χ0) is 12.2. The summed E-state index contributed by atoms with van der Waals surface area (Å²) in [5.41, 5.74) is 0.814. The standard InChI is InChI=1S/C10H7F3INO/c11-10(12,13)16-9(5-14)8-3-1-7(6-15)2-4-8/h1-4,9H,5H2. The van der Waals surface area contributed by atoms with Crippen LogP contribution >= 0.6 is 22.6 Å². The fourth-order valence-electron chi connectivity index (χ4n) is 1.12. The third kappa shape index (κ3) is 3.98. The zero-order valence-corrected chi connectivity index (χ0v) is 10.1. The topological polar surface area (TPSA) is 33.0 Å². The van der Waals surface area contributed by atoms with E-state index in [9.17, 15) is 13.2 Å². The van der Waals surface area contributed by atoms with E-state index >= 15 is 0 Å². The molecule has 0 aliphatic rings. The first kappa shape index (κ1) is 13.3. The van der Waals surface area contributed by atoms with E-state index in [1.165, 1.54) is 24.3 Å². The molecule has 1 atom stereocenters. The monoisotopic (exact) mass is 341 g/mol. The Morgan fingerprint density at radius 2 is 1.88 bits per heavy atom. The van der Waals surface area contributed by atoms with Crippen molar-refractivity contribution in [1.82, 2.24) is 0 Å². The summed E-state index contributed by atoms with van der Waals surface area (Å²) >= 11 is 1.82. The van der Waals surface area contributed by atoms with Crippen molar-refractivity contribution < 1.29 is 17.9 Å². The first-order valence-corrected chi connectivity index (χ1v) is 5.79. The molecule has 0 aromatic heterocycles. The average Bonchev–Trinajstić information content (AvgIpc) is 2.25. The molecule has 0 aliphatic carbocycles. The molecule has 6 heteroatoms. The van der Waals surface area contributed by atoms with Gasteiger partial charge in [-0.2, -0.15) is 5.26 Å². The Morgan fingerprint density at radius 3 is 2.25 bits per heavy atom. The highest BCUT2D eigenvalue weighted by Gasteiger charge is 2.33. The predicted octanol–water partition coefficient (Wildman–Crippen LogP) is 3.57. The summed E-state index contributed by atoms with van der Waals surface area (Å²) in [4.78, 5) is 0. The van der Waals surface area contributed by atoms with Gasteiger partial charge in [-0.3, -0.25) is 4.74 Å². The first-order valence-electron chi connectivity index (χ1n) is 4.27. The molecule has 0 saturated heterocycles. The Hall–Kier alpha value is -0.810. The molecule has 0 N–H and O–H groups in total. The minimum Gasteiger partial charge on any atom is -0.283 e. The van der Waals surface area contributed by atoms with Crippen LogP contribution in [0, 0.1) is 11.3 Å². The van der Waals surface area contributed by atoms with Crippen LogP contribution in [-0.2, 0) is 4.74 Å². The fourth-order valence-corrected chi connectivity index (χ4v) is 1.81. The van der Waals surface area contributed by atoms with E-state index in [1.54, 1.807) is 0 Å². The summed E-state index contributed by atoms with van der Waals surface area (Å²) < 4.78 is 40.3. The van der Waals surface area contributed by atoms with Crippen molar-refractivity contribution in [2.75, 3.05) is 4.43 Å². The Morgan fingerprint density at radius 1 is 1.31 bits per heavy atom. The minimum atomic E-state index is -4.65. The van der Waals surface area contributed by atoms with Crippen LogP contribution < -0.4 is 0 Å². The van der Waals surface area contributed by atoms with E-state index in [1.807, 2.05) is 28.7 Å². The molecular formula is C10H7F3INO. The molecule has 0 heterocycles. The number of hydrogen-bond acceptors (Lipinski definition) is 2. The fraction of sp³-hybridized carbons (Fsp3) is 0.300. The number of benzene rings is 1. The van der Waals surface area contributed by atoms with Crippen molar-refractivity contribution in [1.29, 1.82) is 5.26 Å². The highest BCUT2D eigenvalue weighted by Crippen LogP contribution is 2.29. The second-order valence-corrected chi connectivity index (χ2v) is 3.82. The first-order chi connectivity index (χ1) is 7.46. The van der Waals surface area contributed by atoms with Gasteiger partial charge in [0.2, 0.25) is 0 Å². The van der Waals surface area contributed by atoms with E-state index in [4.69, 9.17) is 5.26 Å². The normalized spacial score (nSPS) is 13.2. The summed E-state index contributed by atoms with van der Waals surface area (Å²) in [6.07, 6.45) is -5.68. The van der Waals surface area contributed by atoms with Crippen molar-refractivity contribution >= 4 is 22.6 Å². The number of halogens is 4. The molecule has 86 valence electrons. The lowest BCUT2D eigenvalue weighted by Crippen LogP contribution is -2.19. The summed E-state index contributed by atoms with van der Waals surface area (Å²) in [6.45, 7) is 0. The SMILES string of the molecule is N#Cc1ccc(C(CI)OC(F)(F)F)cc1. The molecule has 0 aliphatic heterocycles. The van der Waals surface area contributed by atoms with Gasteiger partial charge in [-0.25, -0.2) is 0 Å². The van der Waals surface area contributed by atoms with Crippen LogP contribution in [0.15, 0.2) is 24.3 Å². The third-order valence-corrected chi connectivity index (χ3v) is 2.63. The Labute approximate surface area is 104 Å². The van der Waals surface area contributed by atoms with Gasteiger partial charge in [-0.05, 0) is 17.7 Å². The highest BCUT2D eigenvalue weighted by molar-refractivity contribution is 14.1. The maximum absolute atomic E-state index is 12.0. The molecule has 0 saturated carbocycles. The van der Waals surface area contributed by atoms with Crippen LogP contribution in [0.5, 0.6) is 0 Å². The van der Waals surface area contributed by atoms with Gasteiger partial charge in [0.1, 0.15) is 6.10 Å². The van der Waals surface area contributed by atoms with Gasteiger partial charge in [0.25, 0.3) is 0 Å². The lowest BCUT2D eigenvalue weighted by atomic mass is 10.1. The highest BCUT2D eigenvalue weighted by atomic mass is 127. The molecule has 1 aromatic rings. The van der Waals surface area contributed by atoms with Gasteiger partial charge in [0.05, 0.1) is 11.6 Å².